The Morgan fingerprint density at radius 3 is 2.38 bits per heavy atom. The number of anilines is 1. The first-order chi connectivity index (χ1) is 7.66. The van der Waals surface area contributed by atoms with Gasteiger partial charge in [-0.3, -0.25) is 5.43 Å². The topological polar surface area (TPSA) is 41.0 Å². The molecule has 5 heteroatoms. The van der Waals surface area contributed by atoms with Gasteiger partial charge in [0, 0.05) is 12.1 Å². The van der Waals surface area contributed by atoms with Crippen LogP contribution in [0.2, 0.25) is 5.02 Å². The van der Waals surface area contributed by atoms with Gasteiger partial charge < -0.3 is 0 Å². The highest BCUT2D eigenvalue weighted by molar-refractivity contribution is 6.30. The Balaban J connectivity index is 2.04. The van der Waals surface area contributed by atoms with Crippen molar-refractivity contribution in [3.63, 3.8) is 0 Å². The van der Waals surface area contributed by atoms with E-state index in [1.54, 1.807) is 12.4 Å². The quantitative estimate of drug-likeness (QED) is 0.863. The van der Waals surface area contributed by atoms with Crippen LogP contribution in [0.1, 0.15) is 33.1 Å². The summed E-state index contributed by atoms with van der Waals surface area (Å²) in [6, 6.07) is 1.03. The summed E-state index contributed by atoms with van der Waals surface area (Å²) in [7, 11) is 0. The molecule has 1 aliphatic rings. The van der Waals surface area contributed by atoms with Crippen molar-refractivity contribution >= 4 is 17.5 Å². The van der Waals surface area contributed by atoms with E-state index < -0.39 is 0 Å². The third-order valence-corrected chi connectivity index (χ3v) is 3.24. The second-order valence-electron chi connectivity index (χ2n) is 4.37. The minimum atomic E-state index is 0.517. The molecule has 0 spiro atoms. The van der Waals surface area contributed by atoms with Gasteiger partial charge in [-0.2, -0.15) is 0 Å². The van der Waals surface area contributed by atoms with Crippen molar-refractivity contribution in [1.82, 2.24) is 15.0 Å². The second-order valence-corrected chi connectivity index (χ2v) is 4.81. The van der Waals surface area contributed by atoms with E-state index in [4.69, 9.17) is 11.6 Å². The molecule has 1 aromatic rings. The van der Waals surface area contributed by atoms with Crippen molar-refractivity contribution in [1.29, 1.82) is 0 Å². The molecule has 2 rings (SSSR count). The van der Waals surface area contributed by atoms with Crippen LogP contribution in [0.25, 0.3) is 0 Å². The first-order valence-corrected chi connectivity index (χ1v) is 6.07. The molecular weight excluding hydrogens is 224 g/mol. The molecule has 4 nitrogen and oxygen atoms in total. The number of hydrazine groups is 1. The van der Waals surface area contributed by atoms with Crippen molar-refractivity contribution in [3.05, 3.63) is 17.4 Å². The van der Waals surface area contributed by atoms with Gasteiger partial charge in [-0.1, -0.05) is 18.0 Å². The fourth-order valence-corrected chi connectivity index (χ4v) is 2.22. The van der Waals surface area contributed by atoms with Crippen molar-refractivity contribution in [2.45, 2.75) is 45.2 Å². The SMILES string of the molecule is CC1CCCC(C)N1Nc1ncc(Cl)cn1. The fourth-order valence-electron chi connectivity index (χ4n) is 2.13. The van der Waals surface area contributed by atoms with Crippen molar-refractivity contribution in [2.75, 3.05) is 5.43 Å². The van der Waals surface area contributed by atoms with E-state index in [0.717, 1.165) is 0 Å². The van der Waals surface area contributed by atoms with E-state index in [9.17, 15) is 0 Å². The predicted octanol–water partition coefficient (Wildman–Crippen LogP) is 2.72. The second kappa shape index (κ2) is 4.97. The van der Waals surface area contributed by atoms with Crippen LogP contribution < -0.4 is 5.43 Å². The zero-order valence-electron chi connectivity index (χ0n) is 9.65. The number of piperidine rings is 1. The lowest BCUT2D eigenvalue weighted by atomic mass is 10.00. The Kier molecular flexibility index (Phi) is 3.61. The van der Waals surface area contributed by atoms with Gasteiger partial charge in [0.05, 0.1) is 17.4 Å². The van der Waals surface area contributed by atoms with Gasteiger partial charge in [0.1, 0.15) is 0 Å². The van der Waals surface area contributed by atoms with Crippen LogP contribution in [0.15, 0.2) is 12.4 Å². The minimum absolute atomic E-state index is 0.517. The third kappa shape index (κ3) is 2.62. The summed E-state index contributed by atoms with van der Waals surface area (Å²) >= 11 is 5.75. The van der Waals surface area contributed by atoms with Crippen LogP contribution in [0.4, 0.5) is 5.95 Å². The minimum Gasteiger partial charge on any atom is -0.286 e. The highest BCUT2D eigenvalue weighted by atomic mass is 35.5. The van der Waals surface area contributed by atoms with E-state index in [1.807, 2.05) is 0 Å². The third-order valence-electron chi connectivity index (χ3n) is 3.04. The van der Waals surface area contributed by atoms with Crippen LogP contribution in [0, 0.1) is 0 Å². The van der Waals surface area contributed by atoms with Crippen LogP contribution in [0.5, 0.6) is 0 Å². The van der Waals surface area contributed by atoms with Crippen molar-refractivity contribution in [3.8, 4) is 0 Å². The molecule has 1 N–H and O–H groups in total. The smallest absolute Gasteiger partial charge is 0.237 e. The van der Waals surface area contributed by atoms with Gasteiger partial charge in [-0.15, -0.1) is 0 Å². The van der Waals surface area contributed by atoms with Crippen LogP contribution in [-0.4, -0.2) is 27.1 Å². The molecule has 1 saturated heterocycles. The maximum absolute atomic E-state index is 5.75. The Labute approximate surface area is 101 Å². The Morgan fingerprint density at radius 2 is 1.81 bits per heavy atom. The number of halogens is 1. The lowest BCUT2D eigenvalue weighted by Crippen LogP contribution is -2.47. The van der Waals surface area contributed by atoms with Gasteiger partial charge in [0.25, 0.3) is 0 Å². The summed E-state index contributed by atoms with van der Waals surface area (Å²) < 4.78 is 0. The number of hydrogen-bond acceptors (Lipinski definition) is 4. The standard InChI is InChI=1S/C11H17ClN4/c1-8-4-3-5-9(2)16(8)15-11-13-6-10(12)7-14-11/h6-9H,3-5H2,1-2H3,(H,13,14,15). The number of hydrogen-bond donors (Lipinski definition) is 1. The molecule has 1 fully saturated rings. The lowest BCUT2D eigenvalue weighted by molar-refractivity contribution is 0.134. The van der Waals surface area contributed by atoms with E-state index in [0.29, 0.717) is 23.1 Å². The maximum atomic E-state index is 5.75. The molecule has 2 unspecified atom stereocenters. The summed E-state index contributed by atoms with van der Waals surface area (Å²) in [6.45, 7) is 4.44. The van der Waals surface area contributed by atoms with Gasteiger partial charge >= 0.3 is 0 Å². The average molecular weight is 241 g/mol. The van der Waals surface area contributed by atoms with Crippen LogP contribution in [-0.2, 0) is 0 Å². The lowest BCUT2D eigenvalue weighted by Gasteiger charge is -2.38. The summed E-state index contributed by atoms with van der Waals surface area (Å²) in [5.74, 6) is 0.616. The van der Waals surface area contributed by atoms with E-state index in [-0.39, 0.29) is 0 Å². The molecule has 0 aliphatic carbocycles. The summed E-state index contributed by atoms with van der Waals surface area (Å²) in [5.41, 5.74) is 3.26. The molecule has 1 aromatic heterocycles. The molecule has 1 aliphatic heterocycles. The number of aromatic nitrogens is 2. The van der Waals surface area contributed by atoms with Gasteiger partial charge in [0.15, 0.2) is 0 Å². The summed E-state index contributed by atoms with van der Waals surface area (Å²) in [5, 5.41) is 2.79. The van der Waals surface area contributed by atoms with Gasteiger partial charge in [-0.25, -0.2) is 15.0 Å². The molecule has 16 heavy (non-hydrogen) atoms. The van der Waals surface area contributed by atoms with E-state index in [1.165, 1.54) is 19.3 Å². The Hall–Kier alpha value is -0.870. The zero-order valence-corrected chi connectivity index (χ0v) is 10.4. The first-order valence-electron chi connectivity index (χ1n) is 5.69. The molecule has 88 valence electrons. The van der Waals surface area contributed by atoms with E-state index >= 15 is 0 Å². The predicted molar refractivity (Wildman–Crippen MR) is 65.3 cm³/mol. The van der Waals surface area contributed by atoms with Crippen molar-refractivity contribution in [2.24, 2.45) is 0 Å². The Morgan fingerprint density at radius 1 is 1.25 bits per heavy atom. The fraction of sp³-hybridized carbons (Fsp3) is 0.636. The van der Waals surface area contributed by atoms with Crippen LogP contribution >= 0.6 is 11.6 Å². The highest BCUT2D eigenvalue weighted by Gasteiger charge is 2.25. The molecule has 0 amide bonds. The first kappa shape index (κ1) is 11.6. The molecule has 2 heterocycles. The summed E-state index contributed by atoms with van der Waals surface area (Å²) in [6.07, 6.45) is 6.93. The largest absolute Gasteiger partial charge is 0.286 e. The van der Waals surface area contributed by atoms with Gasteiger partial charge in [0.2, 0.25) is 5.95 Å². The highest BCUT2D eigenvalue weighted by Crippen LogP contribution is 2.22. The average Bonchev–Trinajstić information content (AvgIpc) is 2.26. The van der Waals surface area contributed by atoms with E-state index in [2.05, 4.69) is 34.3 Å². The number of rotatable bonds is 2. The normalized spacial score (nSPS) is 26.7. The monoisotopic (exact) mass is 240 g/mol. The Bertz CT molecular complexity index is 330. The molecule has 0 aromatic carbocycles. The molecule has 0 bridgehead atoms. The molecular formula is C11H17ClN4. The van der Waals surface area contributed by atoms with Gasteiger partial charge in [-0.05, 0) is 26.7 Å². The van der Waals surface area contributed by atoms with Crippen LogP contribution in [0.3, 0.4) is 0 Å². The summed E-state index contributed by atoms with van der Waals surface area (Å²) in [4.78, 5) is 8.29. The van der Waals surface area contributed by atoms with Crippen molar-refractivity contribution < 1.29 is 0 Å². The maximum Gasteiger partial charge on any atom is 0.237 e. The number of nitrogens with one attached hydrogen (secondary N) is 1. The molecule has 0 radical (unpaired) electrons. The molecule has 0 saturated carbocycles. The number of nitrogens with zero attached hydrogens (tertiary/aromatic N) is 3. The molecule has 2 atom stereocenters. The zero-order chi connectivity index (χ0) is 11.5.